The number of carbonyl (C=O) groups excluding carboxylic acids is 1. The molecule has 2 aromatic rings. The molecule has 2 aromatic heterocycles. The summed E-state index contributed by atoms with van der Waals surface area (Å²) in [6.45, 7) is 5.47. The highest BCUT2D eigenvalue weighted by Gasteiger charge is 2.24. The number of hydrogen-bond acceptors (Lipinski definition) is 6. The summed E-state index contributed by atoms with van der Waals surface area (Å²) in [6.07, 6.45) is 4.69. The fourth-order valence-electron chi connectivity index (χ4n) is 3.09. The Morgan fingerprint density at radius 1 is 1.35 bits per heavy atom. The Labute approximate surface area is 150 Å². The number of anilines is 1. The van der Waals surface area contributed by atoms with Crippen molar-refractivity contribution in [2.24, 2.45) is 0 Å². The van der Waals surface area contributed by atoms with Gasteiger partial charge in [-0.1, -0.05) is 0 Å². The standard InChI is InChI=1S/C17H22N6O3/c1-3-22-9-6-18-14(16(22)25)23-7-4-12(5-8-23)20-15(24)13-10-11(2)19-17(26)21-13/h6,9-10,12H,3-5,7-8H2,1-2H3,(H,20,24)(H,19,21,26). The van der Waals surface area contributed by atoms with Gasteiger partial charge in [0.2, 0.25) is 0 Å². The first kappa shape index (κ1) is 17.8. The van der Waals surface area contributed by atoms with Crippen LogP contribution in [0.2, 0.25) is 0 Å². The zero-order valence-electron chi connectivity index (χ0n) is 14.9. The van der Waals surface area contributed by atoms with Crippen LogP contribution in [-0.4, -0.2) is 44.6 Å². The Balaban J connectivity index is 1.63. The number of piperidine rings is 1. The molecular formula is C17H22N6O3. The highest BCUT2D eigenvalue weighted by molar-refractivity contribution is 5.92. The van der Waals surface area contributed by atoms with E-state index in [4.69, 9.17) is 0 Å². The van der Waals surface area contributed by atoms with E-state index in [0.717, 1.165) is 0 Å². The summed E-state index contributed by atoms with van der Waals surface area (Å²) in [5.74, 6) is 0.0924. The van der Waals surface area contributed by atoms with Crippen LogP contribution in [0.15, 0.2) is 28.0 Å². The van der Waals surface area contributed by atoms with Gasteiger partial charge in [0.15, 0.2) is 5.82 Å². The van der Waals surface area contributed by atoms with E-state index in [0.29, 0.717) is 44.0 Å². The fraction of sp³-hybridized carbons (Fsp3) is 0.471. The summed E-state index contributed by atoms with van der Waals surface area (Å²) >= 11 is 0. The van der Waals surface area contributed by atoms with Gasteiger partial charge < -0.3 is 19.8 Å². The second-order valence-corrected chi connectivity index (χ2v) is 6.33. The number of aryl methyl sites for hydroxylation is 2. The van der Waals surface area contributed by atoms with E-state index in [-0.39, 0.29) is 23.2 Å². The molecule has 0 bridgehead atoms. The second kappa shape index (κ2) is 7.51. The number of H-pyrrole nitrogens is 1. The summed E-state index contributed by atoms with van der Waals surface area (Å²) in [5, 5.41) is 2.91. The third-order valence-corrected chi connectivity index (χ3v) is 4.48. The molecule has 1 fully saturated rings. The van der Waals surface area contributed by atoms with Crippen molar-refractivity contribution >= 4 is 11.7 Å². The number of nitrogens with zero attached hydrogens (tertiary/aromatic N) is 4. The molecule has 26 heavy (non-hydrogen) atoms. The number of aromatic nitrogens is 4. The average Bonchev–Trinajstić information content (AvgIpc) is 2.62. The SMILES string of the molecule is CCn1ccnc(N2CCC(NC(=O)c3cc(C)[nH]c(=O)n3)CC2)c1=O. The van der Waals surface area contributed by atoms with Crippen LogP contribution < -0.4 is 21.5 Å². The maximum atomic E-state index is 12.4. The van der Waals surface area contributed by atoms with E-state index in [2.05, 4.69) is 20.3 Å². The Kier molecular flexibility index (Phi) is 5.15. The van der Waals surface area contributed by atoms with Crippen LogP contribution >= 0.6 is 0 Å². The van der Waals surface area contributed by atoms with E-state index >= 15 is 0 Å². The smallest absolute Gasteiger partial charge is 0.345 e. The van der Waals surface area contributed by atoms with Gasteiger partial charge in [-0.25, -0.2) is 9.78 Å². The molecule has 0 aliphatic carbocycles. The number of aromatic amines is 1. The molecule has 2 N–H and O–H groups in total. The minimum Gasteiger partial charge on any atom is -0.352 e. The van der Waals surface area contributed by atoms with Gasteiger partial charge in [-0.2, -0.15) is 4.98 Å². The zero-order chi connectivity index (χ0) is 18.7. The molecule has 9 heteroatoms. The predicted molar refractivity (Wildman–Crippen MR) is 96.5 cm³/mol. The number of hydrogen-bond donors (Lipinski definition) is 2. The molecule has 0 atom stereocenters. The van der Waals surface area contributed by atoms with Gasteiger partial charge in [0.25, 0.3) is 11.5 Å². The van der Waals surface area contributed by atoms with Crippen molar-refractivity contribution in [3.8, 4) is 0 Å². The molecule has 138 valence electrons. The number of rotatable bonds is 4. The Bertz CT molecular complexity index is 911. The van der Waals surface area contributed by atoms with Crippen LogP contribution in [0.1, 0.15) is 35.9 Å². The quantitative estimate of drug-likeness (QED) is 0.799. The monoisotopic (exact) mass is 358 g/mol. The minimum absolute atomic E-state index is 0.0303. The largest absolute Gasteiger partial charge is 0.352 e. The second-order valence-electron chi connectivity index (χ2n) is 6.33. The Hall–Kier alpha value is -2.97. The molecule has 1 amide bonds. The van der Waals surface area contributed by atoms with E-state index < -0.39 is 5.69 Å². The van der Waals surface area contributed by atoms with E-state index in [1.165, 1.54) is 0 Å². The van der Waals surface area contributed by atoms with Gasteiger partial charge >= 0.3 is 5.69 Å². The summed E-state index contributed by atoms with van der Waals surface area (Å²) in [7, 11) is 0. The molecule has 0 aromatic carbocycles. The van der Waals surface area contributed by atoms with Crippen molar-refractivity contribution in [3.05, 3.63) is 50.7 Å². The van der Waals surface area contributed by atoms with Gasteiger partial charge in [0.05, 0.1) is 0 Å². The number of carbonyl (C=O) groups is 1. The molecule has 0 saturated carbocycles. The molecule has 0 spiro atoms. The third kappa shape index (κ3) is 3.81. The highest BCUT2D eigenvalue weighted by Crippen LogP contribution is 2.15. The first-order valence-electron chi connectivity index (χ1n) is 8.67. The number of nitrogens with one attached hydrogen (secondary N) is 2. The lowest BCUT2D eigenvalue weighted by Crippen LogP contribution is -2.47. The van der Waals surface area contributed by atoms with Crippen LogP contribution in [0.5, 0.6) is 0 Å². The van der Waals surface area contributed by atoms with Crippen LogP contribution in [0.25, 0.3) is 0 Å². The maximum Gasteiger partial charge on any atom is 0.345 e. The van der Waals surface area contributed by atoms with Gasteiger partial charge in [-0.3, -0.25) is 9.59 Å². The molecule has 3 rings (SSSR count). The van der Waals surface area contributed by atoms with E-state index in [1.807, 2.05) is 11.8 Å². The Morgan fingerprint density at radius 3 is 2.73 bits per heavy atom. The van der Waals surface area contributed by atoms with Crippen molar-refractivity contribution < 1.29 is 4.79 Å². The zero-order valence-corrected chi connectivity index (χ0v) is 14.9. The summed E-state index contributed by atoms with van der Waals surface area (Å²) in [6, 6.07) is 1.52. The summed E-state index contributed by atoms with van der Waals surface area (Å²) in [4.78, 5) is 48.4. The average molecular weight is 358 g/mol. The van der Waals surface area contributed by atoms with Crippen molar-refractivity contribution in [3.63, 3.8) is 0 Å². The molecular weight excluding hydrogens is 336 g/mol. The first-order valence-corrected chi connectivity index (χ1v) is 8.67. The van der Waals surface area contributed by atoms with Gasteiger partial charge in [0.1, 0.15) is 5.69 Å². The molecule has 0 unspecified atom stereocenters. The third-order valence-electron chi connectivity index (χ3n) is 4.48. The van der Waals surface area contributed by atoms with Gasteiger partial charge in [0, 0.05) is 43.8 Å². The van der Waals surface area contributed by atoms with Crippen molar-refractivity contribution in [2.45, 2.75) is 39.3 Å². The lowest BCUT2D eigenvalue weighted by molar-refractivity contribution is 0.0925. The molecule has 1 aliphatic rings. The van der Waals surface area contributed by atoms with Crippen molar-refractivity contribution in [2.75, 3.05) is 18.0 Å². The van der Waals surface area contributed by atoms with E-state index in [9.17, 15) is 14.4 Å². The summed E-state index contributed by atoms with van der Waals surface area (Å²) < 4.78 is 1.62. The topological polar surface area (TPSA) is 113 Å². The van der Waals surface area contributed by atoms with Gasteiger partial charge in [-0.15, -0.1) is 0 Å². The van der Waals surface area contributed by atoms with Crippen LogP contribution in [0.4, 0.5) is 5.82 Å². The molecule has 1 saturated heterocycles. The molecule has 9 nitrogen and oxygen atoms in total. The van der Waals surface area contributed by atoms with Crippen molar-refractivity contribution in [1.82, 2.24) is 24.8 Å². The lowest BCUT2D eigenvalue weighted by Gasteiger charge is -2.32. The minimum atomic E-state index is -0.535. The van der Waals surface area contributed by atoms with Crippen molar-refractivity contribution in [1.29, 1.82) is 0 Å². The van der Waals surface area contributed by atoms with E-state index in [1.54, 1.807) is 30.0 Å². The highest BCUT2D eigenvalue weighted by atomic mass is 16.2. The van der Waals surface area contributed by atoms with Crippen LogP contribution in [-0.2, 0) is 6.54 Å². The number of amides is 1. The summed E-state index contributed by atoms with van der Waals surface area (Å²) in [5.41, 5.74) is 0.0737. The Morgan fingerprint density at radius 2 is 2.08 bits per heavy atom. The molecule has 0 radical (unpaired) electrons. The van der Waals surface area contributed by atoms with Gasteiger partial charge in [-0.05, 0) is 32.8 Å². The molecule has 1 aliphatic heterocycles. The lowest BCUT2D eigenvalue weighted by atomic mass is 10.0. The molecule has 3 heterocycles. The first-order chi connectivity index (χ1) is 12.5. The van der Waals surface area contributed by atoms with Crippen LogP contribution in [0.3, 0.4) is 0 Å². The predicted octanol–water partition coefficient (Wildman–Crippen LogP) is 0.0537. The fourth-order valence-corrected chi connectivity index (χ4v) is 3.09. The van der Waals surface area contributed by atoms with Crippen LogP contribution in [0, 0.1) is 6.92 Å². The maximum absolute atomic E-state index is 12.4. The normalized spacial score (nSPS) is 15.1.